The number of hydroxylamine groups is 1. The molecule has 0 saturated carbocycles. The molecule has 0 fully saturated rings. The lowest BCUT2D eigenvalue weighted by Gasteiger charge is -2.08. The SMILES string of the molecule is COc1ccc(C)cc1C1=N[C@H](C)NO1. The number of methoxy groups -OCH3 is 1. The molecular weight excluding hydrogens is 192 g/mol. The van der Waals surface area contributed by atoms with E-state index in [0.29, 0.717) is 5.90 Å². The van der Waals surface area contributed by atoms with Gasteiger partial charge in [-0.1, -0.05) is 11.6 Å². The Hall–Kier alpha value is -1.55. The molecule has 80 valence electrons. The molecule has 0 radical (unpaired) electrons. The average molecular weight is 206 g/mol. The molecule has 1 aromatic carbocycles. The molecule has 2 rings (SSSR count). The summed E-state index contributed by atoms with van der Waals surface area (Å²) >= 11 is 0. The number of hydrogen-bond donors (Lipinski definition) is 1. The Morgan fingerprint density at radius 1 is 1.47 bits per heavy atom. The van der Waals surface area contributed by atoms with Crippen LogP contribution in [-0.2, 0) is 4.84 Å². The number of rotatable bonds is 2. The number of benzene rings is 1. The van der Waals surface area contributed by atoms with Crippen molar-refractivity contribution in [3.05, 3.63) is 29.3 Å². The monoisotopic (exact) mass is 206 g/mol. The molecule has 1 aliphatic heterocycles. The third kappa shape index (κ3) is 1.94. The third-order valence-corrected chi connectivity index (χ3v) is 2.22. The largest absolute Gasteiger partial charge is 0.496 e. The molecule has 1 N–H and O–H groups in total. The third-order valence-electron chi connectivity index (χ3n) is 2.22. The lowest BCUT2D eigenvalue weighted by Crippen LogP contribution is -2.17. The molecule has 0 unspecified atom stereocenters. The standard InChI is InChI=1S/C11H14N2O2/c1-7-4-5-10(14-3)9(6-7)11-12-8(2)13-15-11/h4-6,8,13H,1-3H3/t8-/m0/s1. The fourth-order valence-electron chi connectivity index (χ4n) is 1.48. The molecule has 1 aliphatic rings. The summed E-state index contributed by atoms with van der Waals surface area (Å²) in [6.07, 6.45) is -0.00906. The summed E-state index contributed by atoms with van der Waals surface area (Å²) in [5.74, 6) is 1.36. The Labute approximate surface area is 88.9 Å². The smallest absolute Gasteiger partial charge is 0.246 e. The van der Waals surface area contributed by atoms with Crippen LogP contribution >= 0.6 is 0 Å². The van der Waals surface area contributed by atoms with E-state index in [-0.39, 0.29) is 6.17 Å². The highest BCUT2D eigenvalue weighted by atomic mass is 16.7. The van der Waals surface area contributed by atoms with E-state index in [2.05, 4.69) is 10.5 Å². The van der Waals surface area contributed by atoms with Crippen molar-refractivity contribution in [2.24, 2.45) is 4.99 Å². The van der Waals surface area contributed by atoms with Crippen molar-refractivity contribution < 1.29 is 9.57 Å². The molecule has 15 heavy (non-hydrogen) atoms. The Morgan fingerprint density at radius 3 is 2.87 bits per heavy atom. The maximum absolute atomic E-state index is 5.27. The van der Waals surface area contributed by atoms with Gasteiger partial charge in [-0.15, -0.1) is 5.48 Å². The lowest BCUT2D eigenvalue weighted by molar-refractivity contribution is 0.185. The van der Waals surface area contributed by atoms with Crippen LogP contribution in [0.25, 0.3) is 0 Å². The first-order valence-corrected chi connectivity index (χ1v) is 4.86. The second-order valence-electron chi connectivity index (χ2n) is 3.53. The van der Waals surface area contributed by atoms with E-state index in [9.17, 15) is 0 Å². The Bertz CT molecular complexity index is 402. The predicted molar refractivity (Wildman–Crippen MR) is 58.0 cm³/mol. The predicted octanol–water partition coefficient (Wildman–Crippen LogP) is 1.63. The molecule has 4 heteroatoms. The summed E-state index contributed by atoms with van der Waals surface area (Å²) in [4.78, 5) is 9.58. The minimum Gasteiger partial charge on any atom is -0.496 e. The van der Waals surface area contributed by atoms with Crippen LogP contribution in [0.3, 0.4) is 0 Å². The Kier molecular flexibility index (Phi) is 2.60. The van der Waals surface area contributed by atoms with Gasteiger partial charge in [0.2, 0.25) is 5.90 Å². The van der Waals surface area contributed by atoms with Crippen molar-refractivity contribution in [2.75, 3.05) is 7.11 Å². The zero-order valence-electron chi connectivity index (χ0n) is 9.07. The second kappa shape index (κ2) is 3.90. The van der Waals surface area contributed by atoms with Crippen LogP contribution in [0.4, 0.5) is 0 Å². The van der Waals surface area contributed by atoms with Crippen LogP contribution in [0.1, 0.15) is 18.1 Å². The van der Waals surface area contributed by atoms with E-state index in [1.54, 1.807) is 7.11 Å². The molecule has 0 aliphatic carbocycles. The molecule has 1 heterocycles. The quantitative estimate of drug-likeness (QED) is 0.799. The first-order chi connectivity index (χ1) is 7.20. The number of aryl methyl sites for hydroxylation is 1. The number of hydrogen-bond acceptors (Lipinski definition) is 4. The van der Waals surface area contributed by atoms with Gasteiger partial charge in [0.05, 0.1) is 12.7 Å². The van der Waals surface area contributed by atoms with Gasteiger partial charge in [0, 0.05) is 0 Å². The summed E-state index contributed by atoms with van der Waals surface area (Å²) in [5.41, 5.74) is 4.81. The van der Waals surface area contributed by atoms with Crippen molar-refractivity contribution in [3.8, 4) is 5.75 Å². The van der Waals surface area contributed by atoms with E-state index in [1.807, 2.05) is 32.0 Å². The normalized spacial score (nSPS) is 19.7. The van der Waals surface area contributed by atoms with Gasteiger partial charge in [-0.25, -0.2) is 4.99 Å². The van der Waals surface area contributed by atoms with Gasteiger partial charge >= 0.3 is 0 Å². The Morgan fingerprint density at radius 2 is 2.27 bits per heavy atom. The van der Waals surface area contributed by atoms with E-state index in [1.165, 1.54) is 0 Å². The van der Waals surface area contributed by atoms with Crippen LogP contribution in [0.2, 0.25) is 0 Å². The highest BCUT2D eigenvalue weighted by Gasteiger charge is 2.19. The minimum absolute atomic E-state index is 0.00906. The maximum atomic E-state index is 5.27. The molecule has 0 spiro atoms. The molecular formula is C11H14N2O2. The maximum Gasteiger partial charge on any atom is 0.246 e. The first kappa shape index (κ1) is 9.98. The minimum atomic E-state index is -0.00906. The van der Waals surface area contributed by atoms with Gasteiger partial charge in [0.1, 0.15) is 11.9 Å². The summed E-state index contributed by atoms with van der Waals surface area (Å²) in [6, 6.07) is 5.91. The van der Waals surface area contributed by atoms with Crippen molar-refractivity contribution in [3.63, 3.8) is 0 Å². The van der Waals surface area contributed by atoms with Gasteiger partial charge in [-0.3, -0.25) is 0 Å². The van der Waals surface area contributed by atoms with E-state index >= 15 is 0 Å². The fraction of sp³-hybridized carbons (Fsp3) is 0.364. The summed E-state index contributed by atoms with van der Waals surface area (Å²) in [5, 5.41) is 0. The van der Waals surface area contributed by atoms with Gasteiger partial charge in [-0.2, -0.15) is 0 Å². The summed E-state index contributed by atoms with van der Waals surface area (Å²) < 4.78 is 5.26. The zero-order valence-corrected chi connectivity index (χ0v) is 9.07. The summed E-state index contributed by atoms with van der Waals surface area (Å²) in [6.45, 7) is 3.95. The number of aliphatic imine (C=N–C) groups is 1. The van der Waals surface area contributed by atoms with Gasteiger partial charge in [0.15, 0.2) is 0 Å². The van der Waals surface area contributed by atoms with E-state index in [4.69, 9.17) is 9.57 Å². The van der Waals surface area contributed by atoms with Crippen LogP contribution in [0, 0.1) is 6.92 Å². The molecule has 1 aromatic rings. The lowest BCUT2D eigenvalue weighted by atomic mass is 10.1. The Balaban J connectivity index is 2.42. The number of nitrogens with zero attached hydrogens (tertiary/aromatic N) is 1. The molecule has 4 nitrogen and oxygen atoms in total. The van der Waals surface area contributed by atoms with Gasteiger partial charge in [-0.05, 0) is 26.0 Å². The number of ether oxygens (including phenoxy) is 1. The van der Waals surface area contributed by atoms with Crippen molar-refractivity contribution >= 4 is 5.90 Å². The molecule has 0 amide bonds. The number of nitrogens with one attached hydrogen (secondary N) is 1. The van der Waals surface area contributed by atoms with Crippen molar-refractivity contribution in [1.29, 1.82) is 0 Å². The van der Waals surface area contributed by atoms with E-state index in [0.717, 1.165) is 16.9 Å². The topological polar surface area (TPSA) is 42.8 Å². The fourth-order valence-corrected chi connectivity index (χ4v) is 1.48. The summed E-state index contributed by atoms with van der Waals surface area (Å²) in [7, 11) is 1.64. The molecule has 0 aromatic heterocycles. The highest BCUT2D eigenvalue weighted by Crippen LogP contribution is 2.22. The molecule has 0 saturated heterocycles. The van der Waals surface area contributed by atoms with Crippen molar-refractivity contribution in [1.82, 2.24) is 5.48 Å². The molecule has 0 bridgehead atoms. The molecule has 1 atom stereocenters. The first-order valence-electron chi connectivity index (χ1n) is 4.86. The van der Waals surface area contributed by atoms with Crippen LogP contribution in [0.5, 0.6) is 5.75 Å². The average Bonchev–Trinajstić information content (AvgIpc) is 2.65. The van der Waals surface area contributed by atoms with E-state index < -0.39 is 0 Å². The van der Waals surface area contributed by atoms with Crippen LogP contribution in [0.15, 0.2) is 23.2 Å². The highest BCUT2D eigenvalue weighted by molar-refractivity contribution is 5.97. The second-order valence-corrected chi connectivity index (χ2v) is 3.53. The van der Waals surface area contributed by atoms with Crippen LogP contribution < -0.4 is 10.2 Å². The van der Waals surface area contributed by atoms with Crippen LogP contribution in [-0.4, -0.2) is 19.2 Å². The zero-order chi connectivity index (χ0) is 10.8. The van der Waals surface area contributed by atoms with Crippen molar-refractivity contribution in [2.45, 2.75) is 20.0 Å². The van der Waals surface area contributed by atoms with Gasteiger partial charge in [0.25, 0.3) is 0 Å². The van der Waals surface area contributed by atoms with Gasteiger partial charge < -0.3 is 9.57 Å².